The van der Waals surface area contributed by atoms with Crippen molar-refractivity contribution in [3.63, 3.8) is 0 Å². The van der Waals surface area contributed by atoms with Gasteiger partial charge in [0.15, 0.2) is 0 Å². The van der Waals surface area contributed by atoms with Gasteiger partial charge in [-0.3, -0.25) is 0 Å². The molecule has 0 spiro atoms. The Morgan fingerprint density at radius 3 is 2.45 bits per heavy atom. The van der Waals surface area contributed by atoms with Crippen molar-refractivity contribution in [3.8, 4) is 11.5 Å². The highest BCUT2D eigenvalue weighted by Gasteiger charge is 2.11. The van der Waals surface area contributed by atoms with E-state index in [1.54, 1.807) is 12.1 Å². The highest BCUT2D eigenvalue weighted by Crippen LogP contribution is 2.28. The molecular formula is C15H17ClFNO2. The van der Waals surface area contributed by atoms with Crippen molar-refractivity contribution < 1.29 is 14.2 Å². The molecule has 0 amide bonds. The Morgan fingerprint density at radius 2 is 1.85 bits per heavy atom. The lowest BCUT2D eigenvalue weighted by Crippen LogP contribution is -2.12. The molecule has 3 nitrogen and oxygen atoms in total. The summed E-state index contributed by atoms with van der Waals surface area (Å²) in [5, 5.41) is 9.76. The van der Waals surface area contributed by atoms with E-state index in [2.05, 4.69) is 0 Å². The molecule has 2 aromatic carbocycles. The molecule has 0 radical (unpaired) electrons. The van der Waals surface area contributed by atoms with Crippen LogP contribution in [0.1, 0.15) is 17.2 Å². The fraction of sp³-hybridized carbons (Fsp3) is 0.200. The molecule has 0 aliphatic heterocycles. The van der Waals surface area contributed by atoms with Crippen LogP contribution in [0.2, 0.25) is 0 Å². The third kappa shape index (κ3) is 4.11. The SMILES string of the molecule is Cl.N[C@H](CF)c1ccc(OCc2ccccc2)cc1O. The van der Waals surface area contributed by atoms with Crippen LogP contribution in [-0.2, 0) is 6.61 Å². The van der Waals surface area contributed by atoms with Gasteiger partial charge in [-0.2, -0.15) is 0 Å². The smallest absolute Gasteiger partial charge is 0.124 e. The van der Waals surface area contributed by atoms with Gasteiger partial charge < -0.3 is 15.6 Å². The fourth-order valence-electron chi connectivity index (χ4n) is 1.75. The van der Waals surface area contributed by atoms with Gasteiger partial charge in [-0.15, -0.1) is 12.4 Å². The molecule has 3 N–H and O–H groups in total. The molecule has 2 rings (SSSR count). The summed E-state index contributed by atoms with van der Waals surface area (Å²) in [7, 11) is 0. The second-order valence-corrected chi connectivity index (χ2v) is 4.26. The van der Waals surface area contributed by atoms with Crippen LogP contribution in [0.3, 0.4) is 0 Å². The number of halogens is 2. The topological polar surface area (TPSA) is 55.5 Å². The molecule has 0 aliphatic carbocycles. The Kier molecular flexibility index (Phi) is 6.28. The molecule has 5 heteroatoms. The van der Waals surface area contributed by atoms with Crippen LogP contribution in [0.5, 0.6) is 11.5 Å². The second-order valence-electron chi connectivity index (χ2n) is 4.26. The van der Waals surface area contributed by atoms with Gasteiger partial charge in [-0.05, 0) is 17.7 Å². The van der Waals surface area contributed by atoms with Crippen LogP contribution in [0, 0.1) is 0 Å². The van der Waals surface area contributed by atoms with Crippen LogP contribution in [0.15, 0.2) is 48.5 Å². The largest absolute Gasteiger partial charge is 0.507 e. The summed E-state index contributed by atoms with van der Waals surface area (Å²) in [6.07, 6.45) is 0. The first-order valence-electron chi connectivity index (χ1n) is 6.02. The average Bonchev–Trinajstić information content (AvgIpc) is 2.45. The number of hydrogen-bond donors (Lipinski definition) is 2. The normalized spacial score (nSPS) is 11.5. The lowest BCUT2D eigenvalue weighted by molar-refractivity contribution is 0.303. The molecule has 0 aromatic heterocycles. The van der Waals surface area contributed by atoms with Crippen LogP contribution in [-0.4, -0.2) is 11.8 Å². The molecule has 0 saturated carbocycles. The number of hydrogen-bond acceptors (Lipinski definition) is 3. The fourth-order valence-corrected chi connectivity index (χ4v) is 1.75. The van der Waals surface area contributed by atoms with Crippen LogP contribution >= 0.6 is 12.4 Å². The monoisotopic (exact) mass is 297 g/mol. The van der Waals surface area contributed by atoms with Crippen molar-refractivity contribution >= 4 is 12.4 Å². The van der Waals surface area contributed by atoms with E-state index in [1.165, 1.54) is 6.07 Å². The predicted octanol–water partition coefficient (Wildman–Crippen LogP) is 3.36. The number of aromatic hydroxyl groups is 1. The van der Waals surface area contributed by atoms with E-state index in [1.807, 2.05) is 30.3 Å². The molecule has 0 fully saturated rings. The molecule has 0 saturated heterocycles. The number of phenols is 1. The standard InChI is InChI=1S/C15H16FNO2.ClH/c16-9-14(17)13-7-6-12(8-15(13)18)19-10-11-4-2-1-3-5-11;/h1-8,14,18H,9-10,17H2;1H/t14-;/m1./s1. The Hall–Kier alpha value is -1.78. The first-order valence-corrected chi connectivity index (χ1v) is 6.02. The number of rotatable bonds is 5. The van der Waals surface area contributed by atoms with Crippen LogP contribution in [0.4, 0.5) is 4.39 Å². The summed E-state index contributed by atoms with van der Waals surface area (Å²) in [5.41, 5.74) is 6.95. The summed E-state index contributed by atoms with van der Waals surface area (Å²) in [6, 6.07) is 13.6. The minimum absolute atomic E-state index is 0. The minimum Gasteiger partial charge on any atom is -0.507 e. The second kappa shape index (κ2) is 7.72. The summed E-state index contributed by atoms with van der Waals surface area (Å²) in [6.45, 7) is -0.299. The first-order chi connectivity index (χ1) is 9.20. The van der Waals surface area contributed by atoms with Crippen LogP contribution in [0.25, 0.3) is 0 Å². The Bertz CT molecular complexity index is 537. The number of ether oxygens (including phenoxy) is 1. The van der Waals surface area contributed by atoms with Gasteiger partial charge >= 0.3 is 0 Å². The average molecular weight is 298 g/mol. The lowest BCUT2D eigenvalue weighted by Gasteiger charge is -2.12. The van der Waals surface area contributed by atoms with E-state index in [4.69, 9.17) is 10.5 Å². The molecule has 0 heterocycles. The van der Waals surface area contributed by atoms with Crippen LogP contribution < -0.4 is 10.5 Å². The van der Waals surface area contributed by atoms with Gasteiger partial charge in [-0.25, -0.2) is 4.39 Å². The summed E-state index contributed by atoms with van der Waals surface area (Å²) in [5.74, 6) is 0.479. The van der Waals surface area contributed by atoms with Crippen molar-refractivity contribution in [3.05, 3.63) is 59.7 Å². The molecule has 108 valence electrons. The highest BCUT2D eigenvalue weighted by atomic mass is 35.5. The summed E-state index contributed by atoms with van der Waals surface area (Å²) < 4.78 is 18.0. The van der Waals surface area contributed by atoms with E-state index in [-0.39, 0.29) is 18.2 Å². The van der Waals surface area contributed by atoms with Gasteiger partial charge in [0.1, 0.15) is 24.8 Å². The maximum absolute atomic E-state index is 12.5. The zero-order chi connectivity index (χ0) is 13.7. The van der Waals surface area contributed by atoms with Gasteiger partial charge in [0.2, 0.25) is 0 Å². The van der Waals surface area contributed by atoms with E-state index >= 15 is 0 Å². The number of nitrogens with two attached hydrogens (primary N) is 1. The van der Waals surface area contributed by atoms with E-state index in [0.717, 1.165) is 5.56 Å². The van der Waals surface area contributed by atoms with Crippen molar-refractivity contribution in [2.45, 2.75) is 12.6 Å². The quantitative estimate of drug-likeness (QED) is 0.890. The van der Waals surface area contributed by atoms with Crippen molar-refractivity contribution in [1.29, 1.82) is 0 Å². The zero-order valence-electron chi connectivity index (χ0n) is 10.8. The molecule has 1 atom stereocenters. The summed E-state index contributed by atoms with van der Waals surface area (Å²) in [4.78, 5) is 0. The summed E-state index contributed by atoms with van der Waals surface area (Å²) >= 11 is 0. The maximum atomic E-state index is 12.5. The van der Waals surface area contributed by atoms with Gasteiger partial charge in [0, 0.05) is 11.6 Å². The number of alkyl halides is 1. The van der Waals surface area contributed by atoms with E-state index < -0.39 is 12.7 Å². The lowest BCUT2D eigenvalue weighted by atomic mass is 10.1. The van der Waals surface area contributed by atoms with Crippen molar-refractivity contribution in [1.82, 2.24) is 0 Å². The third-order valence-corrected chi connectivity index (χ3v) is 2.82. The first kappa shape index (κ1) is 16.3. The molecule has 0 unspecified atom stereocenters. The zero-order valence-corrected chi connectivity index (χ0v) is 11.6. The Labute approximate surface area is 123 Å². The van der Waals surface area contributed by atoms with Crippen molar-refractivity contribution in [2.75, 3.05) is 6.67 Å². The molecule has 20 heavy (non-hydrogen) atoms. The highest BCUT2D eigenvalue weighted by molar-refractivity contribution is 5.85. The van der Waals surface area contributed by atoms with Gasteiger partial charge in [0.05, 0.1) is 6.04 Å². The van der Waals surface area contributed by atoms with Gasteiger partial charge in [-0.1, -0.05) is 30.3 Å². The van der Waals surface area contributed by atoms with E-state index in [9.17, 15) is 9.50 Å². The maximum Gasteiger partial charge on any atom is 0.124 e. The third-order valence-electron chi connectivity index (χ3n) is 2.82. The molecule has 0 aliphatic rings. The van der Waals surface area contributed by atoms with Gasteiger partial charge in [0.25, 0.3) is 0 Å². The van der Waals surface area contributed by atoms with E-state index in [0.29, 0.717) is 17.9 Å². The molecular weight excluding hydrogens is 281 g/mol. The molecule has 2 aromatic rings. The minimum atomic E-state index is -0.803. The van der Waals surface area contributed by atoms with Crippen molar-refractivity contribution in [2.24, 2.45) is 5.73 Å². The molecule has 0 bridgehead atoms. The Morgan fingerprint density at radius 1 is 1.15 bits per heavy atom. The Balaban J connectivity index is 0.00000200. The number of phenolic OH excluding ortho intramolecular Hbond substituents is 1. The number of benzene rings is 2. The predicted molar refractivity (Wildman–Crippen MR) is 79.0 cm³/mol.